The number of ether oxygens (including phenoxy) is 2. The molecule has 0 spiro atoms. The summed E-state index contributed by atoms with van der Waals surface area (Å²) in [5.41, 5.74) is 3.73. The van der Waals surface area contributed by atoms with Crippen LogP contribution in [0.3, 0.4) is 0 Å². The van der Waals surface area contributed by atoms with Crippen molar-refractivity contribution in [1.82, 2.24) is 4.98 Å². The van der Waals surface area contributed by atoms with Crippen LogP contribution in [-0.4, -0.2) is 17.5 Å². The number of fused-ring (bicyclic) bond motifs is 1. The highest BCUT2D eigenvalue weighted by molar-refractivity contribution is 6.33. The van der Waals surface area contributed by atoms with Gasteiger partial charge in [0.15, 0.2) is 0 Å². The summed E-state index contributed by atoms with van der Waals surface area (Å²) in [7, 11) is 0. The van der Waals surface area contributed by atoms with E-state index < -0.39 is 0 Å². The molecular formula is C27H20Cl2N2O3. The number of nitrogens with one attached hydrogen (secondary N) is 1. The van der Waals surface area contributed by atoms with Crippen molar-refractivity contribution in [2.75, 3.05) is 11.9 Å². The van der Waals surface area contributed by atoms with Crippen molar-refractivity contribution < 1.29 is 14.3 Å². The Morgan fingerprint density at radius 3 is 2.56 bits per heavy atom. The number of nitrogens with zero attached hydrogens (tertiary/aromatic N) is 1. The zero-order valence-electron chi connectivity index (χ0n) is 18.1. The van der Waals surface area contributed by atoms with Gasteiger partial charge in [-0.2, -0.15) is 0 Å². The summed E-state index contributed by atoms with van der Waals surface area (Å²) < 4.78 is 11.6. The van der Waals surface area contributed by atoms with Crippen LogP contribution in [0.5, 0.6) is 17.2 Å². The average Bonchev–Trinajstić information content (AvgIpc) is 2.86. The molecule has 0 saturated carbocycles. The zero-order chi connectivity index (χ0) is 23.5. The van der Waals surface area contributed by atoms with Crippen LogP contribution in [0.25, 0.3) is 11.3 Å². The number of halogens is 2. The van der Waals surface area contributed by atoms with E-state index in [1.54, 1.807) is 36.5 Å². The van der Waals surface area contributed by atoms with Gasteiger partial charge in [-0.3, -0.25) is 9.78 Å². The lowest BCUT2D eigenvalue weighted by Crippen LogP contribution is -2.11. The third-order valence-electron chi connectivity index (χ3n) is 5.48. The first-order valence-corrected chi connectivity index (χ1v) is 11.6. The fourth-order valence-corrected chi connectivity index (χ4v) is 4.19. The van der Waals surface area contributed by atoms with Gasteiger partial charge in [0, 0.05) is 22.2 Å². The maximum Gasteiger partial charge on any atom is 0.255 e. The first-order chi connectivity index (χ1) is 16.6. The van der Waals surface area contributed by atoms with Crippen LogP contribution in [0, 0.1) is 0 Å². The Kier molecular flexibility index (Phi) is 6.39. The quantitative estimate of drug-likeness (QED) is 0.316. The highest BCUT2D eigenvalue weighted by Crippen LogP contribution is 2.37. The van der Waals surface area contributed by atoms with E-state index in [0.29, 0.717) is 39.4 Å². The van der Waals surface area contributed by atoms with Crippen LogP contribution in [0.2, 0.25) is 10.0 Å². The van der Waals surface area contributed by atoms with E-state index in [1.165, 1.54) is 0 Å². The Bertz CT molecular complexity index is 1340. The number of rotatable bonds is 5. The van der Waals surface area contributed by atoms with E-state index in [0.717, 1.165) is 35.4 Å². The molecule has 0 bridgehead atoms. The zero-order valence-corrected chi connectivity index (χ0v) is 19.6. The molecule has 1 aromatic heterocycles. The number of amides is 1. The van der Waals surface area contributed by atoms with Gasteiger partial charge in [0.2, 0.25) is 0 Å². The van der Waals surface area contributed by atoms with Gasteiger partial charge < -0.3 is 14.8 Å². The highest BCUT2D eigenvalue weighted by Gasteiger charge is 2.15. The standard InChI is InChI=1S/C27H20Cl2N2O3/c28-22-6-2-1-5-21(22)24-12-9-19(16-30-24)31-27(32)17-7-10-20(11-8-17)34-26-15-25-18(14-23(26)29)4-3-13-33-25/h1-2,5-12,14-16H,3-4,13H2,(H,31,32). The van der Waals surface area contributed by atoms with Crippen LogP contribution in [0.1, 0.15) is 22.3 Å². The molecule has 4 aromatic rings. The van der Waals surface area contributed by atoms with Crippen molar-refractivity contribution in [3.63, 3.8) is 0 Å². The number of aromatic nitrogens is 1. The Morgan fingerprint density at radius 2 is 1.79 bits per heavy atom. The third kappa shape index (κ3) is 4.86. The van der Waals surface area contributed by atoms with Crippen molar-refractivity contribution in [3.8, 4) is 28.5 Å². The van der Waals surface area contributed by atoms with Gasteiger partial charge >= 0.3 is 0 Å². The summed E-state index contributed by atoms with van der Waals surface area (Å²) in [4.78, 5) is 17.1. The molecule has 0 radical (unpaired) electrons. The second-order valence-corrected chi connectivity index (χ2v) is 8.65. The van der Waals surface area contributed by atoms with Crippen LogP contribution in [0.15, 0.2) is 79.0 Å². The largest absolute Gasteiger partial charge is 0.493 e. The monoisotopic (exact) mass is 490 g/mol. The lowest BCUT2D eigenvalue weighted by molar-refractivity contribution is 0.102. The van der Waals surface area contributed by atoms with E-state index in [1.807, 2.05) is 42.5 Å². The van der Waals surface area contributed by atoms with E-state index in [9.17, 15) is 4.79 Å². The summed E-state index contributed by atoms with van der Waals surface area (Å²) in [6.07, 6.45) is 3.53. The maximum absolute atomic E-state index is 12.7. The Labute approximate surface area is 207 Å². The van der Waals surface area contributed by atoms with Gasteiger partial charge in [0.25, 0.3) is 5.91 Å². The van der Waals surface area contributed by atoms with Crippen molar-refractivity contribution in [3.05, 3.63) is 100 Å². The summed E-state index contributed by atoms with van der Waals surface area (Å²) in [6, 6.07) is 21.6. The van der Waals surface area contributed by atoms with Gasteiger partial charge in [-0.25, -0.2) is 0 Å². The second kappa shape index (κ2) is 9.75. The molecular weight excluding hydrogens is 471 g/mol. The highest BCUT2D eigenvalue weighted by atomic mass is 35.5. The van der Waals surface area contributed by atoms with E-state index in [4.69, 9.17) is 32.7 Å². The first-order valence-electron chi connectivity index (χ1n) is 10.8. The molecule has 0 aliphatic carbocycles. The molecule has 1 aliphatic heterocycles. The molecule has 1 N–H and O–H groups in total. The number of anilines is 1. The van der Waals surface area contributed by atoms with Crippen molar-refractivity contribution in [2.24, 2.45) is 0 Å². The Balaban J connectivity index is 1.25. The fraction of sp³-hybridized carbons (Fsp3) is 0.111. The minimum absolute atomic E-state index is 0.251. The molecule has 34 heavy (non-hydrogen) atoms. The van der Waals surface area contributed by atoms with Crippen LogP contribution in [0.4, 0.5) is 5.69 Å². The lowest BCUT2D eigenvalue weighted by Gasteiger charge is -2.19. The lowest BCUT2D eigenvalue weighted by atomic mass is 10.1. The summed E-state index contributed by atoms with van der Waals surface area (Å²) in [5.74, 6) is 1.64. The molecule has 2 heterocycles. The number of benzene rings is 3. The topological polar surface area (TPSA) is 60.5 Å². The SMILES string of the molecule is O=C(Nc1ccc(-c2ccccc2Cl)nc1)c1ccc(Oc2cc3c(cc2Cl)CCCO3)cc1. The van der Waals surface area contributed by atoms with Crippen LogP contribution < -0.4 is 14.8 Å². The van der Waals surface area contributed by atoms with Gasteiger partial charge in [0.05, 0.1) is 29.2 Å². The normalized spacial score (nSPS) is 12.4. The maximum atomic E-state index is 12.7. The smallest absolute Gasteiger partial charge is 0.255 e. The Hall–Kier alpha value is -3.54. The minimum atomic E-state index is -0.251. The van der Waals surface area contributed by atoms with Gasteiger partial charge in [-0.1, -0.05) is 41.4 Å². The first kappa shape index (κ1) is 22.3. The van der Waals surface area contributed by atoms with Crippen molar-refractivity contribution in [2.45, 2.75) is 12.8 Å². The van der Waals surface area contributed by atoms with Gasteiger partial charge in [-0.15, -0.1) is 0 Å². The molecule has 5 rings (SSSR count). The summed E-state index contributed by atoms with van der Waals surface area (Å²) >= 11 is 12.6. The summed E-state index contributed by atoms with van der Waals surface area (Å²) in [6.45, 7) is 0.691. The number of pyridine rings is 1. The molecule has 170 valence electrons. The molecule has 1 aliphatic rings. The average molecular weight is 491 g/mol. The van der Waals surface area contributed by atoms with E-state index in [2.05, 4.69) is 10.3 Å². The Morgan fingerprint density at radius 1 is 0.971 bits per heavy atom. The number of hydrogen-bond donors (Lipinski definition) is 1. The van der Waals surface area contributed by atoms with E-state index in [-0.39, 0.29) is 5.91 Å². The summed E-state index contributed by atoms with van der Waals surface area (Å²) in [5, 5.41) is 4.00. The number of hydrogen-bond acceptors (Lipinski definition) is 4. The van der Waals surface area contributed by atoms with E-state index >= 15 is 0 Å². The van der Waals surface area contributed by atoms with Gasteiger partial charge in [0.1, 0.15) is 17.2 Å². The molecule has 3 aromatic carbocycles. The number of carbonyl (C=O) groups excluding carboxylic acids is 1. The predicted octanol–water partition coefficient (Wildman–Crippen LogP) is 7.43. The van der Waals surface area contributed by atoms with Crippen LogP contribution in [-0.2, 0) is 6.42 Å². The molecule has 0 unspecified atom stereocenters. The molecule has 0 fully saturated rings. The second-order valence-electron chi connectivity index (χ2n) is 7.83. The molecule has 1 amide bonds. The third-order valence-corrected chi connectivity index (χ3v) is 6.10. The fourth-order valence-electron chi connectivity index (χ4n) is 3.73. The molecule has 7 heteroatoms. The van der Waals surface area contributed by atoms with Crippen molar-refractivity contribution in [1.29, 1.82) is 0 Å². The van der Waals surface area contributed by atoms with Crippen molar-refractivity contribution >= 4 is 34.8 Å². The molecule has 5 nitrogen and oxygen atoms in total. The van der Waals surface area contributed by atoms with Crippen LogP contribution >= 0.6 is 23.2 Å². The molecule has 0 atom stereocenters. The number of carbonyl (C=O) groups is 1. The number of aryl methyl sites for hydroxylation is 1. The van der Waals surface area contributed by atoms with Gasteiger partial charge in [-0.05, 0) is 66.9 Å². The molecule has 0 saturated heterocycles. The minimum Gasteiger partial charge on any atom is -0.493 e. The predicted molar refractivity (Wildman–Crippen MR) is 134 cm³/mol.